The van der Waals surface area contributed by atoms with E-state index in [2.05, 4.69) is 22.5 Å². The molecule has 0 saturated carbocycles. The number of likely N-dealkylation sites (tertiary alicyclic amines) is 1. The lowest BCUT2D eigenvalue weighted by atomic mass is 10.1. The van der Waals surface area contributed by atoms with Gasteiger partial charge in [0.25, 0.3) is 0 Å². The maximum atomic E-state index is 10.4. The van der Waals surface area contributed by atoms with E-state index in [9.17, 15) is 5.11 Å². The molecule has 3 N–H and O–H groups in total. The van der Waals surface area contributed by atoms with Gasteiger partial charge in [-0.3, -0.25) is 9.89 Å². The first-order valence-corrected chi connectivity index (χ1v) is 10.8. The van der Waals surface area contributed by atoms with E-state index in [0.29, 0.717) is 19.5 Å². The summed E-state index contributed by atoms with van der Waals surface area (Å²) in [6, 6.07) is 13.9. The fourth-order valence-electron chi connectivity index (χ4n) is 3.78. The van der Waals surface area contributed by atoms with Gasteiger partial charge in [0.1, 0.15) is 5.76 Å². The van der Waals surface area contributed by atoms with Crippen molar-refractivity contribution in [2.24, 2.45) is 4.99 Å². The van der Waals surface area contributed by atoms with Crippen molar-refractivity contribution in [3.8, 4) is 0 Å². The Morgan fingerprint density at radius 3 is 2.59 bits per heavy atom. The number of guanidine groups is 1. The van der Waals surface area contributed by atoms with Crippen molar-refractivity contribution in [1.29, 1.82) is 0 Å². The van der Waals surface area contributed by atoms with Crippen molar-refractivity contribution in [2.75, 3.05) is 32.7 Å². The molecule has 2 unspecified atom stereocenters. The van der Waals surface area contributed by atoms with Crippen LogP contribution in [0.3, 0.4) is 0 Å². The van der Waals surface area contributed by atoms with Crippen molar-refractivity contribution in [2.45, 2.75) is 44.8 Å². The zero-order valence-electron chi connectivity index (χ0n) is 17.4. The topological polar surface area (TPSA) is 73.0 Å². The summed E-state index contributed by atoms with van der Waals surface area (Å²) >= 11 is 0. The molecule has 0 aliphatic carbocycles. The van der Waals surface area contributed by atoms with Gasteiger partial charge in [0.2, 0.25) is 0 Å². The number of aliphatic hydroxyl groups is 1. The number of rotatable bonds is 9. The van der Waals surface area contributed by atoms with Gasteiger partial charge in [-0.1, -0.05) is 36.8 Å². The molecule has 0 spiro atoms. The van der Waals surface area contributed by atoms with Crippen LogP contribution in [0.2, 0.25) is 0 Å². The average Bonchev–Trinajstić information content (AvgIpc) is 3.30. The zero-order chi connectivity index (χ0) is 20.3. The molecular formula is C23H34N4O2. The molecule has 1 aliphatic heterocycles. The second-order valence-electron chi connectivity index (χ2n) is 7.49. The van der Waals surface area contributed by atoms with Crippen LogP contribution in [0.4, 0.5) is 0 Å². The first-order valence-electron chi connectivity index (χ1n) is 10.8. The van der Waals surface area contributed by atoms with Crippen LogP contribution in [0, 0.1) is 0 Å². The second-order valence-corrected chi connectivity index (χ2v) is 7.49. The number of nitrogens with one attached hydrogen (secondary N) is 2. The summed E-state index contributed by atoms with van der Waals surface area (Å²) < 4.78 is 5.72. The normalized spacial score (nSPS) is 17.7. The quantitative estimate of drug-likeness (QED) is 0.445. The van der Waals surface area contributed by atoms with Crippen LogP contribution in [0.15, 0.2) is 58.1 Å². The van der Waals surface area contributed by atoms with Crippen LogP contribution in [-0.2, 0) is 0 Å². The summed E-state index contributed by atoms with van der Waals surface area (Å²) in [5, 5.41) is 17.0. The highest BCUT2D eigenvalue weighted by Crippen LogP contribution is 2.25. The predicted octanol–water partition coefficient (Wildman–Crippen LogP) is 3.49. The molecule has 0 amide bonds. The molecule has 6 nitrogen and oxygen atoms in total. The van der Waals surface area contributed by atoms with E-state index in [-0.39, 0.29) is 6.04 Å². The molecule has 1 aromatic heterocycles. The van der Waals surface area contributed by atoms with Gasteiger partial charge in [-0.05, 0) is 57.0 Å². The van der Waals surface area contributed by atoms with Crippen molar-refractivity contribution >= 4 is 5.96 Å². The fraction of sp³-hybridized carbons (Fsp3) is 0.522. The molecule has 1 saturated heterocycles. The maximum absolute atomic E-state index is 10.4. The number of aliphatic hydroxyl groups excluding tert-OH is 1. The molecule has 1 aliphatic rings. The number of nitrogens with zero attached hydrogens (tertiary/aromatic N) is 2. The van der Waals surface area contributed by atoms with E-state index in [1.807, 2.05) is 42.5 Å². The van der Waals surface area contributed by atoms with Gasteiger partial charge in [-0.15, -0.1) is 0 Å². The van der Waals surface area contributed by atoms with Crippen LogP contribution in [0.25, 0.3) is 0 Å². The standard InChI is InChI=1S/C23H34N4O2/c1-2-24-23(25-14-13-21(28)19-10-5-3-6-11-19)26-18-20(22-12-9-17-29-22)27-15-7-4-8-16-27/h3,5-6,9-12,17,20-21,28H,2,4,7-8,13-16,18H2,1H3,(H2,24,25,26). The molecular weight excluding hydrogens is 364 g/mol. The summed E-state index contributed by atoms with van der Waals surface area (Å²) in [6.07, 6.45) is 5.66. The lowest BCUT2D eigenvalue weighted by Gasteiger charge is -2.32. The Balaban J connectivity index is 1.57. The van der Waals surface area contributed by atoms with E-state index in [1.165, 1.54) is 19.3 Å². The lowest BCUT2D eigenvalue weighted by molar-refractivity contribution is 0.150. The average molecular weight is 399 g/mol. The van der Waals surface area contributed by atoms with E-state index in [0.717, 1.165) is 36.9 Å². The summed E-state index contributed by atoms with van der Waals surface area (Å²) in [6.45, 7) is 6.33. The molecule has 3 rings (SSSR count). The number of furan rings is 1. The van der Waals surface area contributed by atoms with Crippen molar-refractivity contribution < 1.29 is 9.52 Å². The van der Waals surface area contributed by atoms with Gasteiger partial charge in [-0.25, -0.2) is 0 Å². The molecule has 2 aromatic rings. The van der Waals surface area contributed by atoms with Crippen LogP contribution >= 0.6 is 0 Å². The molecule has 29 heavy (non-hydrogen) atoms. The van der Waals surface area contributed by atoms with Crippen LogP contribution in [0.5, 0.6) is 0 Å². The number of benzene rings is 1. The third-order valence-electron chi connectivity index (χ3n) is 5.36. The van der Waals surface area contributed by atoms with Gasteiger partial charge < -0.3 is 20.2 Å². The van der Waals surface area contributed by atoms with Gasteiger partial charge in [0.15, 0.2) is 5.96 Å². The smallest absolute Gasteiger partial charge is 0.191 e. The molecule has 2 atom stereocenters. The highest BCUT2D eigenvalue weighted by Gasteiger charge is 2.24. The van der Waals surface area contributed by atoms with Gasteiger partial charge in [0.05, 0.1) is 25.0 Å². The maximum Gasteiger partial charge on any atom is 0.191 e. The molecule has 0 radical (unpaired) electrons. The summed E-state index contributed by atoms with van der Waals surface area (Å²) in [5.41, 5.74) is 0.944. The first-order chi connectivity index (χ1) is 14.3. The Labute approximate surface area is 174 Å². The highest BCUT2D eigenvalue weighted by atomic mass is 16.3. The first kappa shape index (κ1) is 21.4. The molecule has 6 heteroatoms. The summed E-state index contributed by atoms with van der Waals surface area (Å²) in [7, 11) is 0. The van der Waals surface area contributed by atoms with Crippen molar-refractivity contribution in [3.05, 3.63) is 60.1 Å². The van der Waals surface area contributed by atoms with E-state index in [4.69, 9.17) is 9.41 Å². The Hall–Kier alpha value is -2.31. The van der Waals surface area contributed by atoms with E-state index < -0.39 is 6.10 Å². The van der Waals surface area contributed by atoms with Crippen molar-refractivity contribution in [3.63, 3.8) is 0 Å². The number of hydrogen-bond donors (Lipinski definition) is 3. The zero-order valence-corrected chi connectivity index (χ0v) is 17.4. The van der Waals surface area contributed by atoms with Crippen LogP contribution < -0.4 is 10.6 Å². The van der Waals surface area contributed by atoms with Crippen LogP contribution in [-0.4, -0.2) is 48.7 Å². The van der Waals surface area contributed by atoms with Gasteiger partial charge in [0, 0.05) is 13.1 Å². The number of piperidine rings is 1. The molecule has 158 valence electrons. The Bertz CT molecular complexity index is 712. The fourth-order valence-corrected chi connectivity index (χ4v) is 3.78. The number of hydrogen-bond acceptors (Lipinski definition) is 4. The minimum atomic E-state index is -0.476. The monoisotopic (exact) mass is 398 g/mol. The van der Waals surface area contributed by atoms with E-state index in [1.54, 1.807) is 6.26 Å². The molecule has 2 heterocycles. The summed E-state index contributed by atoms with van der Waals surface area (Å²) in [4.78, 5) is 7.31. The Kier molecular flexibility index (Phi) is 8.58. The van der Waals surface area contributed by atoms with Gasteiger partial charge >= 0.3 is 0 Å². The number of aliphatic imine (C=N–C) groups is 1. The third-order valence-corrected chi connectivity index (χ3v) is 5.36. The lowest BCUT2D eigenvalue weighted by Crippen LogP contribution is -2.40. The Morgan fingerprint density at radius 2 is 1.90 bits per heavy atom. The minimum Gasteiger partial charge on any atom is -0.468 e. The predicted molar refractivity (Wildman–Crippen MR) is 117 cm³/mol. The highest BCUT2D eigenvalue weighted by molar-refractivity contribution is 5.79. The molecule has 1 fully saturated rings. The van der Waals surface area contributed by atoms with Crippen LogP contribution in [0.1, 0.15) is 56.1 Å². The van der Waals surface area contributed by atoms with Crippen molar-refractivity contribution in [1.82, 2.24) is 15.5 Å². The minimum absolute atomic E-state index is 0.163. The third kappa shape index (κ3) is 6.61. The largest absolute Gasteiger partial charge is 0.468 e. The van der Waals surface area contributed by atoms with Gasteiger partial charge in [-0.2, -0.15) is 0 Å². The van der Waals surface area contributed by atoms with E-state index >= 15 is 0 Å². The second kappa shape index (κ2) is 11.6. The molecule has 1 aromatic carbocycles. The SMILES string of the molecule is CCNC(=NCC(c1ccco1)N1CCCCC1)NCCC(O)c1ccccc1. The Morgan fingerprint density at radius 1 is 1.10 bits per heavy atom. The molecule has 0 bridgehead atoms. The summed E-state index contributed by atoms with van der Waals surface area (Å²) in [5.74, 6) is 1.76.